The molecular formula is C24H23ClN4O6. The van der Waals surface area contributed by atoms with Crippen LogP contribution in [-0.4, -0.2) is 36.1 Å². The molecule has 1 aromatic heterocycles. The number of furan rings is 1. The van der Waals surface area contributed by atoms with E-state index in [0.717, 1.165) is 0 Å². The van der Waals surface area contributed by atoms with Crippen molar-refractivity contribution in [3.63, 3.8) is 0 Å². The van der Waals surface area contributed by atoms with Crippen LogP contribution in [-0.2, 0) is 4.79 Å². The van der Waals surface area contributed by atoms with Gasteiger partial charge in [0.05, 0.1) is 29.9 Å². The predicted molar refractivity (Wildman–Crippen MR) is 131 cm³/mol. The molecule has 0 aliphatic heterocycles. The number of hydrogen-bond acceptors (Lipinski definition) is 7. The van der Waals surface area contributed by atoms with Crippen LogP contribution in [0, 0.1) is 16.0 Å². The molecule has 0 radical (unpaired) electrons. The van der Waals surface area contributed by atoms with Crippen LogP contribution < -0.4 is 15.5 Å². The lowest BCUT2D eigenvalue weighted by Crippen LogP contribution is -2.48. The molecule has 3 aromatic rings. The maximum Gasteiger partial charge on any atom is 0.273 e. The van der Waals surface area contributed by atoms with Gasteiger partial charge in [-0.15, -0.1) is 0 Å². The molecule has 3 rings (SSSR count). The second kappa shape index (κ2) is 11.3. The lowest BCUT2D eigenvalue weighted by atomic mass is 10.0. The van der Waals surface area contributed by atoms with E-state index >= 15 is 0 Å². The van der Waals surface area contributed by atoms with E-state index in [0.29, 0.717) is 27.7 Å². The van der Waals surface area contributed by atoms with Crippen molar-refractivity contribution in [1.82, 2.24) is 10.7 Å². The minimum Gasteiger partial charge on any atom is -0.496 e. The van der Waals surface area contributed by atoms with Crippen LogP contribution >= 0.6 is 11.6 Å². The molecule has 0 fully saturated rings. The second-order valence-electron chi connectivity index (χ2n) is 7.78. The van der Waals surface area contributed by atoms with Gasteiger partial charge < -0.3 is 14.5 Å². The van der Waals surface area contributed by atoms with Crippen molar-refractivity contribution in [3.05, 3.63) is 81.1 Å². The SMILES string of the molecule is COc1cc([N+](=O)[O-])ccc1-c1ccc(/C=N/NC(=O)C(NC(=O)c2cccc(Cl)c2)C(C)C)o1. The summed E-state index contributed by atoms with van der Waals surface area (Å²) in [7, 11) is 1.40. The van der Waals surface area contributed by atoms with Crippen LogP contribution in [0.25, 0.3) is 11.3 Å². The number of rotatable bonds is 9. The highest BCUT2D eigenvalue weighted by molar-refractivity contribution is 6.31. The summed E-state index contributed by atoms with van der Waals surface area (Å²) in [5.74, 6) is -0.143. The zero-order valence-electron chi connectivity index (χ0n) is 19.2. The number of hydrazone groups is 1. The molecule has 1 atom stereocenters. The van der Waals surface area contributed by atoms with E-state index in [4.69, 9.17) is 20.8 Å². The molecule has 0 saturated heterocycles. The molecule has 1 heterocycles. The third-order valence-electron chi connectivity index (χ3n) is 4.98. The van der Waals surface area contributed by atoms with Crippen LogP contribution in [0.3, 0.4) is 0 Å². The van der Waals surface area contributed by atoms with Crippen molar-refractivity contribution in [2.45, 2.75) is 19.9 Å². The summed E-state index contributed by atoms with van der Waals surface area (Å²) in [5.41, 5.74) is 3.15. The van der Waals surface area contributed by atoms with Crippen molar-refractivity contribution in [3.8, 4) is 17.1 Å². The van der Waals surface area contributed by atoms with E-state index in [9.17, 15) is 19.7 Å². The van der Waals surface area contributed by atoms with Gasteiger partial charge in [0.15, 0.2) is 0 Å². The van der Waals surface area contributed by atoms with Crippen LogP contribution in [0.15, 0.2) is 64.1 Å². The molecule has 0 aliphatic rings. The molecular weight excluding hydrogens is 476 g/mol. The Hall–Kier alpha value is -4.18. The van der Waals surface area contributed by atoms with E-state index in [2.05, 4.69) is 15.8 Å². The number of halogens is 1. The standard InChI is InChI=1S/C24H23ClN4O6/c1-14(2)22(27-23(30)15-5-4-6-16(25)11-15)24(31)28-26-13-18-8-10-20(35-18)19-9-7-17(29(32)33)12-21(19)34-3/h4-14,22H,1-3H3,(H,27,30)(H,28,31)/b26-13+. The molecule has 0 spiro atoms. The lowest BCUT2D eigenvalue weighted by Gasteiger charge is -2.20. The zero-order valence-corrected chi connectivity index (χ0v) is 19.9. The van der Waals surface area contributed by atoms with Gasteiger partial charge in [-0.25, -0.2) is 5.43 Å². The van der Waals surface area contributed by atoms with Crippen LogP contribution in [0.2, 0.25) is 5.02 Å². The number of hydrogen-bond donors (Lipinski definition) is 2. The third-order valence-corrected chi connectivity index (χ3v) is 5.21. The van der Waals surface area contributed by atoms with Crippen molar-refractivity contribution in [2.24, 2.45) is 11.0 Å². The number of nitrogens with zero attached hydrogens (tertiary/aromatic N) is 2. The molecule has 10 nitrogen and oxygen atoms in total. The number of benzene rings is 2. The quantitative estimate of drug-likeness (QED) is 0.254. The zero-order chi connectivity index (χ0) is 25.5. The van der Waals surface area contributed by atoms with Gasteiger partial charge in [0.25, 0.3) is 17.5 Å². The molecule has 1 unspecified atom stereocenters. The Morgan fingerprint density at radius 1 is 1.17 bits per heavy atom. The number of amides is 2. The number of carbonyl (C=O) groups excluding carboxylic acids is 2. The van der Waals surface area contributed by atoms with Crippen molar-refractivity contribution >= 4 is 35.3 Å². The topological polar surface area (TPSA) is 136 Å². The van der Waals surface area contributed by atoms with E-state index in [-0.39, 0.29) is 17.4 Å². The van der Waals surface area contributed by atoms with Gasteiger partial charge in [0.1, 0.15) is 23.3 Å². The number of nitro groups is 1. The third kappa shape index (κ3) is 6.45. The number of carbonyl (C=O) groups is 2. The van der Waals surface area contributed by atoms with E-state index in [1.165, 1.54) is 37.6 Å². The molecule has 182 valence electrons. The first kappa shape index (κ1) is 25.4. The Kier molecular flexibility index (Phi) is 8.21. The maximum absolute atomic E-state index is 12.6. The molecule has 2 amide bonds. The molecule has 0 bridgehead atoms. The van der Waals surface area contributed by atoms with Crippen molar-refractivity contribution in [1.29, 1.82) is 0 Å². The first-order valence-electron chi connectivity index (χ1n) is 10.5. The largest absolute Gasteiger partial charge is 0.496 e. The van der Waals surface area contributed by atoms with Gasteiger partial charge in [-0.2, -0.15) is 5.10 Å². The number of methoxy groups -OCH3 is 1. The summed E-state index contributed by atoms with van der Waals surface area (Å²) in [6.07, 6.45) is 1.30. The van der Waals surface area contributed by atoms with E-state index in [1.54, 1.807) is 44.2 Å². The minimum atomic E-state index is -0.838. The van der Waals surface area contributed by atoms with Gasteiger partial charge in [-0.05, 0) is 42.3 Å². The predicted octanol–water partition coefficient (Wildman–Crippen LogP) is 4.42. The molecule has 2 aromatic carbocycles. The van der Waals surface area contributed by atoms with Gasteiger partial charge >= 0.3 is 0 Å². The maximum atomic E-state index is 12.6. The number of nitrogens with one attached hydrogen (secondary N) is 2. The highest BCUT2D eigenvalue weighted by Gasteiger charge is 2.24. The highest BCUT2D eigenvalue weighted by atomic mass is 35.5. The summed E-state index contributed by atoms with van der Waals surface area (Å²) < 4.78 is 10.9. The number of nitro benzene ring substituents is 1. The van der Waals surface area contributed by atoms with E-state index in [1.807, 2.05) is 0 Å². The Labute approximate surface area is 206 Å². The molecule has 0 aliphatic carbocycles. The van der Waals surface area contributed by atoms with Crippen LogP contribution in [0.4, 0.5) is 5.69 Å². The normalized spacial score (nSPS) is 11.9. The smallest absolute Gasteiger partial charge is 0.273 e. The average Bonchev–Trinajstić information content (AvgIpc) is 3.30. The van der Waals surface area contributed by atoms with Gasteiger partial charge in [0, 0.05) is 16.7 Å². The van der Waals surface area contributed by atoms with Gasteiger partial charge in [0.2, 0.25) is 0 Å². The average molecular weight is 499 g/mol. The summed E-state index contributed by atoms with van der Waals surface area (Å²) in [5, 5.41) is 18.0. The minimum absolute atomic E-state index is 0.108. The fraction of sp³-hybridized carbons (Fsp3) is 0.208. The molecule has 2 N–H and O–H groups in total. The fourth-order valence-electron chi connectivity index (χ4n) is 3.18. The Bertz CT molecular complexity index is 1270. The van der Waals surface area contributed by atoms with Crippen LogP contribution in [0.1, 0.15) is 30.0 Å². The van der Waals surface area contributed by atoms with Gasteiger partial charge in [-0.1, -0.05) is 31.5 Å². The molecule has 11 heteroatoms. The van der Waals surface area contributed by atoms with Crippen LogP contribution in [0.5, 0.6) is 5.75 Å². The summed E-state index contributed by atoms with van der Waals surface area (Å²) in [6, 6.07) is 13.0. The first-order chi connectivity index (χ1) is 16.7. The second-order valence-corrected chi connectivity index (χ2v) is 8.22. The van der Waals surface area contributed by atoms with E-state index < -0.39 is 22.8 Å². The molecule has 0 saturated carbocycles. The summed E-state index contributed by atoms with van der Waals surface area (Å²) >= 11 is 5.93. The number of non-ortho nitro benzene ring substituents is 1. The summed E-state index contributed by atoms with van der Waals surface area (Å²) in [4.78, 5) is 35.6. The Morgan fingerprint density at radius 2 is 1.94 bits per heavy atom. The fourth-order valence-corrected chi connectivity index (χ4v) is 3.37. The first-order valence-corrected chi connectivity index (χ1v) is 10.9. The monoisotopic (exact) mass is 498 g/mol. The lowest BCUT2D eigenvalue weighted by molar-refractivity contribution is -0.384. The Morgan fingerprint density at radius 3 is 2.60 bits per heavy atom. The Balaban J connectivity index is 1.67. The van der Waals surface area contributed by atoms with Crippen molar-refractivity contribution in [2.75, 3.05) is 7.11 Å². The van der Waals surface area contributed by atoms with Gasteiger partial charge in [-0.3, -0.25) is 19.7 Å². The molecule has 35 heavy (non-hydrogen) atoms. The van der Waals surface area contributed by atoms with Crippen molar-refractivity contribution < 1.29 is 23.7 Å². The highest BCUT2D eigenvalue weighted by Crippen LogP contribution is 2.34. The summed E-state index contributed by atoms with van der Waals surface area (Å²) in [6.45, 7) is 3.59. The number of ether oxygens (including phenoxy) is 1.